The molecule has 0 radical (unpaired) electrons. The average molecular weight is 245 g/mol. The number of furan rings is 1. The average Bonchev–Trinajstić information content (AvgIpc) is 2.87. The van der Waals surface area contributed by atoms with Crippen molar-refractivity contribution in [3.63, 3.8) is 0 Å². The summed E-state index contributed by atoms with van der Waals surface area (Å²) in [5, 5.41) is 0. The number of aryl methyl sites for hydroxylation is 1. The van der Waals surface area contributed by atoms with Crippen LogP contribution in [0.2, 0.25) is 0 Å². The highest BCUT2D eigenvalue weighted by Crippen LogP contribution is 2.26. The molecule has 1 atom stereocenters. The molecule has 1 aromatic heterocycles. The summed E-state index contributed by atoms with van der Waals surface area (Å²) in [6.07, 6.45) is 2.54. The molecule has 1 aromatic carbocycles. The van der Waals surface area contributed by atoms with E-state index >= 15 is 0 Å². The monoisotopic (exact) mass is 245 g/mol. The Bertz CT molecular complexity index is 505. The van der Waals surface area contributed by atoms with E-state index in [0.29, 0.717) is 6.61 Å². The van der Waals surface area contributed by atoms with Crippen LogP contribution in [-0.4, -0.2) is 6.61 Å². The molecular formula is C15H19NO2. The predicted molar refractivity (Wildman–Crippen MR) is 71.7 cm³/mol. The van der Waals surface area contributed by atoms with Crippen molar-refractivity contribution in [1.82, 2.24) is 0 Å². The molecule has 0 fully saturated rings. The van der Waals surface area contributed by atoms with Crippen molar-refractivity contribution in [2.45, 2.75) is 26.3 Å². The summed E-state index contributed by atoms with van der Waals surface area (Å²) in [6, 6.07) is 9.68. The van der Waals surface area contributed by atoms with E-state index in [4.69, 9.17) is 14.9 Å². The van der Waals surface area contributed by atoms with Crippen LogP contribution in [0.15, 0.2) is 41.0 Å². The van der Waals surface area contributed by atoms with Gasteiger partial charge >= 0.3 is 0 Å². The summed E-state index contributed by atoms with van der Waals surface area (Å²) in [5.74, 6) is 1.80. The number of benzene rings is 1. The number of nitrogens with two attached hydrogens (primary N) is 1. The third-order valence-electron chi connectivity index (χ3n) is 2.96. The van der Waals surface area contributed by atoms with Crippen LogP contribution in [0.4, 0.5) is 0 Å². The Morgan fingerprint density at radius 2 is 2.11 bits per heavy atom. The van der Waals surface area contributed by atoms with Crippen LogP contribution in [0.5, 0.6) is 5.75 Å². The first-order valence-electron chi connectivity index (χ1n) is 6.30. The van der Waals surface area contributed by atoms with Crippen LogP contribution >= 0.6 is 0 Å². The molecule has 18 heavy (non-hydrogen) atoms. The van der Waals surface area contributed by atoms with Crippen LogP contribution in [0, 0.1) is 0 Å². The fourth-order valence-electron chi connectivity index (χ4n) is 2.06. The summed E-state index contributed by atoms with van der Waals surface area (Å²) in [6.45, 7) is 4.69. The molecule has 1 unspecified atom stereocenters. The van der Waals surface area contributed by atoms with Crippen LogP contribution < -0.4 is 10.5 Å². The highest BCUT2D eigenvalue weighted by molar-refractivity contribution is 5.37. The van der Waals surface area contributed by atoms with Crippen molar-refractivity contribution >= 4 is 0 Å². The lowest BCUT2D eigenvalue weighted by molar-refractivity contribution is 0.340. The maximum atomic E-state index is 6.29. The molecular weight excluding hydrogens is 226 g/mol. The van der Waals surface area contributed by atoms with Gasteiger partial charge in [-0.1, -0.05) is 19.1 Å². The standard InChI is InChI=1S/C15H19NO2/c1-3-14-13(8-9-18-14)15(16)11-6-5-7-12(10-11)17-4-2/h5-10,15H,3-4,16H2,1-2H3. The minimum absolute atomic E-state index is 0.167. The minimum atomic E-state index is -0.167. The number of rotatable bonds is 5. The Labute approximate surface area is 108 Å². The first-order chi connectivity index (χ1) is 8.76. The van der Waals surface area contributed by atoms with Crippen molar-refractivity contribution in [3.8, 4) is 5.75 Å². The van der Waals surface area contributed by atoms with Gasteiger partial charge in [-0.05, 0) is 30.7 Å². The third kappa shape index (κ3) is 2.57. The number of ether oxygens (including phenoxy) is 1. The van der Waals surface area contributed by atoms with Gasteiger partial charge in [-0.3, -0.25) is 0 Å². The molecule has 0 spiro atoms. The lowest BCUT2D eigenvalue weighted by Crippen LogP contribution is -2.12. The van der Waals surface area contributed by atoms with E-state index in [-0.39, 0.29) is 6.04 Å². The third-order valence-corrected chi connectivity index (χ3v) is 2.96. The van der Waals surface area contributed by atoms with Gasteiger partial charge in [0.15, 0.2) is 0 Å². The Morgan fingerprint density at radius 3 is 2.83 bits per heavy atom. The Kier molecular flexibility index (Phi) is 4.05. The van der Waals surface area contributed by atoms with E-state index in [1.807, 2.05) is 37.3 Å². The lowest BCUT2D eigenvalue weighted by atomic mass is 9.99. The summed E-state index contributed by atoms with van der Waals surface area (Å²) >= 11 is 0. The van der Waals surface area contributed by atoms with Crippen molar-refractivity contribution < 1.29 is 9.15 Å². The molecule has 0 aliphatic carbocycles. The highest BCUT2D eigenvalue weighted by Gasteiger charge is 2.15. The van der Waals surface area contributed by atoms with Gasteiger partial charge in [0, 0.05) is 12.0 Å². The van der Waals surface area contributed by atoms with E-state index in [0.717, 1.165) is 29.1 Å². The largest absolute Gasteiger partial charge is 0.494 e. The van der Waals surface area contributed by atoms with E-state index in [9.17, 15) is 0 Å². The maximum Gasteiger partial charge on any atom is 0.119 e. The molecule has 2 N–H and O–H groups in total. The second-order valence-corrected chi connectivity index (χ2v) is 4.14. The van der Waals surface area contributed by atoms with Gasteiger partial charge < -0.3 is 14.9 Å². The van der Waals surface area contributed by atoms with Gasteiger partial charge in [0.2, 0.25) is 0 Å². The van der Waals surface area contributed by atoms with Gasteiger partial charge in [-0.2, -0.15) is 0 Å². The quantitative estimate of drug-likeness (QED) is 0.879. The summed E-state index contributed by atoms with van der Waals surface area (Å²) in [7, 11) is 0. The summed E-state index contributed by atoms with van der Waals surface area (Å²) in [4.78, 5) is 0. The van der Waals surface area contributed by atoms with Crippen molar-refractivity contribution in [2.75, 3.05) is 6.61 Å². The first-order valence-corrected chi connectivity index (χ1v) is 6.30. The van der Waals surface area contributed by atoms with Crippen LogP contribution in [0.3, 0.4) is 0 Å². The Hall–Kier alpha value is -1.74. The molecule has 0 aliphatic rings. The van der Waals surface area contributed by atoms with Crippen molar-refractivity contribution in [1.29, 1.82) is 0 Å². The molecule has 0 bridgehead atoms. The van der Waals surface area contributed by atoms with Gasteiger partial charge in [-0.25, -0.2) is 0 Å². The zero-order valence-electron chi connectivity index (χ0n) is 10.8. The van der Waals surface area contributed by atoms with Gasteiger partial charge in [0.1, 0.15) is 11.5 Å². The second kappa shape index (κ2) is 5.74. The maximum absolute atomic E-state index is 6.29. The zero-order valence-corrected chi connectivity index (χ0v) is 10.8. The smallest absolute Gasteiger partial charge is 0.119 e. The lowest BCUT2D eigenvalue weighted by Gasteiger charge is -2.13. The summed E-state index contributed by atoms with van der Waals surface area (Å²) in [5.41, 5.74) is 8.37. The van der Waals surface area contributed by atoms with E-state index in [1.165, 1.54) is 0 Å². The zero-order chi connectivity index (χ0) is 13.0. The van der Waals surface area contributed by atoms with Gasteiger partial charge in [-0.15, -0.1) is 0 Å². The van der Waals surface area contributed by atoms with Gasteiger partial charge in [0.05, 0.1) is 18.9 Å². The molecule has 3 nitrogen and oxygen atoms in total. The normalized spacial score (nSPS) is 12.4. The van der Waals surface area contributed by atoms with Crippen molar-refractivity contribution in [2.24, 2.45) is 5.73 Å². The van der Waals surface area contributed by atoms with E-state index in [1.54, 1.807) is 6.26 Å². The fourth-order valence-corrected chi connectivity index (χ4v) is 2.06. The molecule has 96 valence electrons. The Balaban J connectivity index is 2.28. The molecule has 0 saturated heterocycles. The molecule has 2 rings (SSSR count). The summed E-state index contributed by atoms with van der Waals surface area (Å²) < 4.78 is 10.9. The SMILES string of the molecule is CCOc1cccc(C(N)c2ccoc2CC)c1. The van der Waals surface area contributed by atoms with E-state index < -0.39 is 0 Å². The van der Waals surface area contributed by atoms with E-state index in [2.05, 4.69) is 6.92 Å². The van der Waals surface area contributed by atoms with Crippen LogP contribution in [0.25, 0.3) is 0 Å². The minimum Gasteiger partial charge on any atom is -0.494 e. The highest BCUT2D eigenvalue weighted by atomic mass is 16.5. The first kappa shape index (κ1) is 12.7. The van der Waals surface area contributed by atoms with Crippen LogP contribution in [0.1, 0.15) is 36.8 Å². The van der Waals surface area contributed by atoms with Crippen molar-refractivity contribution in [3.05, 3.63) is 53.5 Å². The second-order valence-electron chi connectivity index (χ2n) is 4.14. The van der Waals surface area contributed by atoms with Gasteiger partial charge in [0.25, 0.3) is 0 Å². The molecule has 2 aromatic rings. The topological polar surface area (TPSA) is 48.4 Å². The van der Waals surface area contributed by atoms with Crippen LogP contribution in [-0.2, 0) is 6.42 Å². The molecule has 0 saturated carbocycles. The molecule has 0 amide bonds. The number of hydrogen-bond acceptors (Lipinski definition) is 3. The fraction of sp³-hybridized carbons (Fsp3) is 0.333. The molecule has 0 aliphatic heterocycles. The number of hydrogen-bond donors (Lipinski definition) is 1. The Morgan fingerprint density at radius 1 is 1.28 bits per heavy atom. The molecule has 1 heterocycles. The molecule has 3 heteroatoms. The predicted octanol–water partition coefficient (Wildman–Crippen LogP) is 3.29.